The Hall–Kier alpha value is -2.62. The molecule has 35 heavy (non-hydrogen) atoms. The molecule has 0 fully saturated rings. The number of carbonyl (C=O) groups excluding carboxylic acids is 1. The molecular weight excluding hydrogens is 499 g/mol. The highest BCUT2D eigenvalue weighted by molar-refractivity contribution is 7.89. The summed E-state index contributed by atoms with van der Waals surface area (Å²) < 4.78 is 75.9. The van der Waals surface area contributed by atoms with Gasteiger partial charge in [0.2, 0.25) is 10.0 Å². The molecule has 2 aromatic rings. The summed E-state index contributed by atoms with van der Waals surface area (Å²) in [5, 5.41) is 4.20. The molecule has 0 bridgehead atoms. The topological polar surface area (TPSA) is 90.3 Å². The Labute approximate surface area is 204 Å². The minimum absolute atomic E-state index is 0.00536. The van der Waals surface area contributed by atoms with Crippen molar-refractivity contribution >= 4 is 24.1 Å². The summed E-state index contributed by atoms with van der Waals surface area (Å²) in [6, 6.07) is 1.96. The molecule has 1 unspecified atom stereocenters. The second-order valence-electron chi connectivity index (χ2n) is 9.32. The largest absolute Gasteiger partial charge is 0.465 e. The Morgan fingerprint density at radius 1 is 1.29 bits per heavy atom. The molecule has 1 atom stereocenters. The van der Waals surface area contributed by atoms with E-state index in [2.05, 4.69) is 21.3 Å². The van der Waals surface area contributed by atoms with Gasteiger partial charge in [-0.3, -0.25) is 9.48 Å². The summed E-state index contributed by atoms with van der Waals surface area (Å²) in [7, 11) is -6.23. The van der Waals surface area contributed by atoms with Gasteiger partial charge >= 0.3 is 12.1 Å². The van der Waals surface area contributed by atoms with Crippen LogP contribution in [0.25, 0.3) is 0 Å². The summed E-state index contributed by atoms with van der Waals surface area (Å²) in [5.74, 6) is 2.26. The molecule has 1 aliphatic rings. The summed E-state index contributed by atoms with van der Waals surface area (Å²) >= 11 is 0. The van der Waals surface area contributed by atoms with E-state index in [1.807, 2.05) is 19.6 Å². The van der Waals surface area contributed by atoms with Gasteiger partial charge in [-0.25, -0.2) is 13.1 Å². The van der Waals surface area contributed by atoms with Crippen molar-refractivity contribution in [1.82, 2.24) is 14.5 Å². The van der Waals surface area contributed by atoms with Gasteiger partial charge in [-0.15, -0.1) is 5.54 Å². The smallest absolute Gasteiger partial charge is 0.416 e. The van der Waals surface area contributed by atoms with E-state index in [1.54, 1.807) is 6.92 Å². The van der Waals surface area contributed by atoms with Gasteiger partial charge in [0.15, 0.2) is 0 Å². The van der Waals surface area contributed by atoms with Gasteiger partial charge in [0.25, 0.3) is 0 Å². The van der Waals surface area contributed by atoms with Crippen molar-refractivity contribution in [2.45, 2.75) is 69.5 Å². The van der Waals surface area contributed by atoms with Gasteiger partial charge in [-0.1, -0.05) is 25.6 Å². The van der Waals surface area contributed by atoms with Crippen LogP contribution in [0.5, 0.6) is 0 Å². The second-order valence-corrected chi connectivity index (χ2v) is 15.8. The van der Waals surface area contributed by atoms with Crippen LogP contribution in [-0.4, -0.2) is 38.8 Å². The number of nitrogens with zero attached hydrogens (tertiary/aromatic N) is 2. The number of sulfonamides is 1. The molecule has 0 saturated heterocycles. The van der Waals surface area contributed by atoms with Gasteiger partial charge < -0.3 is 4.74 Å². The number of nitrogens with one attached hydrogen (secondary N) is 1. The standard InChI is InChI=1S/C23H28F3N3O4SSi/c1-5-33-22(30)15-29-21-8-6-7-20(19(21)14-27-29)28-34(31,32)18-12-16(9-10-35(2,3)4)11-17(13-18)23(24,25)26/h11-14,20,28H,5-8,15H2,1-4H3. The molecule has 0 saturated carbocycles. The molecule has 0 spiro atoms. The van der Waals surface area contributed by atoms with E-state index in [0.717, 1.165) is 6.07 Å². The van der Waals surface area contributed by atoms with E-state index in [0.29, 0.717) is 36.6 Å². The Morgan fingerprint density at radius 2 is 2.00 bits per heavy atom. The molecule has 0 aliphatic heterocycles. The lowest BCUT2D eigenvalue weighted by Gasteiger charge is -2.24. The van der Waals surface area contributed by atoms with E-state index in [4.69, 9.17) is 4.74 Å². The van der Waals surface area contributed by atoms with Gasteiger partial charge in [0.05, 0.1) is 29.3 Å². The monoisotopic (exact) mass is 527 g/mol. The molecule has 12 heteroatoms. The van der Waals surface area contributed by atoms with Crippen molar-refractivity contribution in [3.05, 3.63) is 46.8 Å². The van der Waals surface area contributed by atoms with Crippen molar-refractivity contribution in [1.29, 1.82) is 0 Å². The first-order valence-electron chi connectivity index (χ1n) is 11.2. The van der Waals surface area contributed by atoms with Crippen molar-refractivity contribution in [2.75, 3.05) is 6.61 Å². The minimum atomic E-state index is -4.73. The van der Waals surface area contributed by atoms with Crippen molar-refractivity contribution in [2.24, 2.45) is 0 Å². The van der Waals surface area contributed by atoms with Gasteiger partial charge in [-0.05, 0) is 44.4 Å². The predicted molar refractivity (Wildman–Crippen MR) is 127 cm³/mol. The third kappa shape index (κ3) is 6.96. The average Bonchev–Trinajstić information content (AvgIpc) is 3.15. The lowest BCUT2D eigenvalue weighted by molar-refractivity contribution is -0.144. The minimum Gasteiger partial charge on any atom is -0.465 e. The van der Waals surface area contributed by atoms with Gasteiger partial charge in [0.1, 0.15) is 14.6 Å². The molecule has 1 heterocycles. The number of halogens is 3. The molecule has 1 aliphatic carbocycles. The van der Waals surface area contributed by atoms with Crippen molar-refractivity contribution in [3.8, 4) is 11.5 Å². The first kappa shape index (κ1) is 27.0. The molecule has 1 aromatic carbocycles. The Balaban J connectivity index is 1.94. The predicted octanol–water partition coefficient (Wildman–Crippen LogP) is 4.05. The quantitative estimate of drug-likeness (QED) is 0.348. The molecule has 190 valence electrons. The maximum atomic E-state index is 13.5. The lowest BCUT2D eigenvalue weighted by atomic mass is 9.94. The zero-order chi connectivity index (χ0) is 26.0. The Kier molecular flexibility index (Phi) is 7.83. The number of hydrogen-bond donors (Lipinski definition) is 1. The number of fused-ring (bicyclic) bond motifs is 1. The number of ether oxygens (including phenoxy) is 1. The number of benzene rings is 1. The van der Waals surface area contributed by atoms with Crippen LogP contribution in [0.4, 0.5) is 13.2 Å². The summed E-state index contributed by atoms with van der Waals surface area (Å²) in [5.41, 5.74) is 3.18. The molecule has 0 amide bonds. The Morgan fingerprint density at radius 3 is 2.63 bits per heavy atom. The second kappa shape index (κ2) is 10.2. The van der Waals surface area contributed by atoms with Gasteiger partial charge in [0, 0.05) is 16.8 Å². The SMILES string of the molecule is CCOC(=O)Cn1ncc2c1CCCC2NS(=O)(=O)c1cc(C#C[Si](C)(C)C)cc(C(F)(F)F)c1. The van der Waals surface area contributed by atoms with E-state index < -0.39 is 46.7 Å². The number of esters is 1. The lowest BCUT2D eigenvalue weighted by Crippen LogP contribution is -2.31. The number of carbonyl (C=O) groups is 1. The van der Waals surface area contributed by atoms with Crippen LogP contribution >= 0.6 is 0 Å². The maximum absolute atomic E-state index is 13.5. The van der Waals surface area contributed by atoms with Gasteiger partial charge in [-0.2, -0.15) is 18.3 Å². The summed E-state index contributed by atoms with van der Waals surface area (Å²) in [4.78, 5) is 11.4. The zero-order valence-corrected chi connectivity index (χ0v) is 21.8. The van der Waals surface area contributed by atoms with Crippen LogP contribution in [0.2, 0.25) is 19.6 Å². The van der Waals surface area contributed by atoms with Crippen LogP contribution in [0.15, 0.2) is 29.3 Å². The molecule has 1 N–H and O–H groups in total. The highest BCUT2D eigenvalue weighted by Gasteiger charge is 2.34. The Bertz CT molecular complexity index is 1270. The van der Waals surface area contributed by atoms with Crippen LogP contribution in [0, 0.1) is 11.5 Å². The number of alkyl halides is 3. The molecule has 1 aromatic heterocycles. The summed E-state index contributed by atoms with van der Waals surface area (Å²) in [6.07, 6.45) is -1.60. The van der Waals surface area contributed by atoms with E-state index >= 15 is 0 Å². The van der Waals surface area contributed by atoms with Crippen molar-refractivity contribution < 1.29 is 31.1 Å². The third-order valence-corrected chi connectivity index (χ3v) is 7.60. The van der Waals surface area contributed by atoms with Crippen molar-refractivity contribution in [3.63, 3.8) is 0 Å². The highest BCUT2D eigenvalue weighted by atomic mass is 32.2. The van der Waals surface area contributed by atoms with E-state index in [-0.39, 0.29) is 18.7 Å². The average molecular weight is 528 g/mol. The van der Waals surface area contributed by atoms with E-state index in [9.17, 15) is 26.4 Å². The van der Waals surface area contributed by atoms with Crippen LogP contribution in [0.1, 0.15) is 48.2 Å². The first-order chi connectivity index (χ1) is 16.2. The first-order valence-corrected chi connectivity index (χ1v) is 16.2. The normalized spacial score (nSPS) is 16.3. The molecular formula is C23H28F3N3O4SSi. The third-order valence-electron chi connectivity index (χ3n) is 5.27. The fraction of sp³-hybridized carbons (Fsp3) is 0.478. The fourth-order valence-electron chi connectivity index (χ4n) is 3.71. The molecule has 0 radical (unpaired) electrons. The van der Waals surface area contributed by atoms with Crippen LogP contribution in [0.3, 0.4) is 0 Å². The van der Waals surface area contributed by atoms with Crippen LogP contribution < -0.4 is 4.72 Å². The number of hydrogen-bond acceptors (Lipinski definition) is 5. The van der Waals surface area contributed by atoms with Crippen LogP contribution in [-0.2, 0) is 38.7 Å². The molecule has 3 rings (SSSR count). The number of aromatic nitrogens is 2. The highest BCUT2D eigenvalue weighted by Crippen LogP contribution is 2.34. The van der Waals surface area contributed by atoms with E-state index in [1.165, 1.54) is 16.9 Å². The fourth-order valence-corrected chi connectivity index (χ4v) is 5.55. The molecule has 7 nitrogen and oxygen atoms in total. The number of rotatable bonds is 6. The zero-order valence-electron chi connectivity index (χ0n) is 20.0. The summed E-state index contributed by atoms with van der Waals surface area (Å²) in [6.45, 7) is 7.64. The maximum Gasteiger partial charge on any atom is 0.416 e.